The van der Waals surface area contributed by atoms with Crippen molar-refractivity contribution in [2.45, 2.75) is 39.0 Å². The van der Waals surface area contributed by atoms with Gasteiger partial charge in [-0.1, -0.05) is 34.8 Å². The third-order valence-electron chi connectivity index (χ3n) is 4.03. The smallest absolute Gasteiger partial charge is 0.550 e. The molecule has 1 amide bonds. The van der Waals surface area contributed by atoms with Gasteiger partial charge < -0.3 is 15.2 Å². The Morgan fingerprint density at radius 3 is 2.52 bits per heavy atom. The van der Waals surface area contributed by atoms with Gasteiger partial charge in [-0.3, -0.25) is 4.79 Å². The first-order valence-corrected chi connectivity index (χ1v) is 7.50. The standard InChI is InChI=1S/C15H18BrNO3.Na/c1-10-11(16)5-4-6-12(10)17-13(18)9-15(14(19)20)7-2-3-8-15;/h4-6H,2-3,7-9H2,1H3,(H,17,18)(H,19,20);/q;+1/p-1. The summed E-state index contributed by atoms with van der Waals surface area (Å²) >= 11 is 3.40. The molecule has 4 nitrogen and oxygen atoms in total. The fourth-order valence-corrected chi connectivity index (χ4v) is 3.12. The number of carbonyl (C=O) groups excluding carboxylic acids is 2. The van der Waals surface area contributed by atoms with E-state index in [1.165, 1.54) is 0 Å². The SMILES string of the molecule is Cc1c(Br)cccc1NC(=O)CC1(C(=O)[O-])CCCC1.[Na+]. The number of carboxylic acids is 1. The molecule has 0 spiro atoms. The maximum Gasteiger partial charge on any atom is 1.00 e. The predicted molar refractivity (Wildman–Crippen MR) is 78.0 cm³/mol. The summed E-state index contributed by atoms with van der Waals surface area (Å²) < 4.78 is 0.908. The van der Waals surface area contributed by atoms with Gasteiger partial charge in [-0.25, -0.2) is 0 Å². The Kier molecular flexibility index (Phi) is 6.91. The fourth-order valence-electron chi connectivity index (χ4n) is 2.75. The van der Waals surface area contributed by atoms with Crippen molar-refractivity contribution in [2.24, 2.45) is 5.41 Å². The van der Waals surface area contributed by atoms with Crippen molar-refractivity contribution in [3.05, 3.63) is 28.2 Å². The van der Waals surface area contributed by atoms with Gasteiger partial charge in [0.15, 0.2) is 0 Å². The van der Waals surface area contributed by atoms with Crippen molar-refractivity contribution in [1.82, 2.24) is 0 Å². The molecule has 0 aromatic heterocycles. The number of rotatable bonds is 4. The maximum absolute atomic E-state index is 12.1. The number of nitrogens with one attached hydrogen (secondary N) is 1. The van der Waals surface area contributed by atoms with Crippen LogP contribution < -0.4 is 40.0 Å². The van der Waals surface area contributed by atoms with Crippen LogP contribution in [-0.4, -0.2) is 11.9 Å². The van der Waals surface area contributed by atoms with Crippen LogP contribution in [0.1, 0.15) is 37.7 Å². The molecule has 108 valence electrons. The molecular weight excluding hydrogens is 345 g/mol. The van der Waals surface area contributed by atoms with Crippen LogP contribution in [0, 0.1) is 12.3 Å². The van der Waals surface area contributed by atoms with E-state index in [1.54, 1.807) is 6.07 Å². The second kappa shape index (κ2) is 7.77. The molecular formula is C15H17BrNNaO3. The molecule has 0 saturated heterocycles. The zero-order valence-electron chi connectivity index (χ0n) is 12.4. The molecule has 0 aliphatic heterocycles. The molecule has 1 aliphatic rings. The minimum Gasteiger partial charge on any atom is -0.550 e. The monoisotopic (exact) mass is 361 g/mol. The molecule has 1 aromatic carbocycles. The minimum absolute atomic E-state index is 0. The fraction of sp³-hybridized carbons (Fsp3) is 0.467. The first-order chi connectivity index (χ1) is 9.44. The average Bonchev–Trinajstić information content (AvgIpc) is 2.85. The quantitative estimate of drug-likeness (QED) is 0.728. The maximum atomic E-state index is 12.1. The van der Waals surface area contributed by atoms with Gasteiger partial charge in [-0.15, -0.1) is 0 Å². The largest absolute Gasteiger partial charge is 1.00 e. The van der Waals surface area contributed by atoms with Crippen molar-refractivity contribution in [3.8, 4) is 0 Å². The molecule has 0 radical (unpaired) electrons. The van der Waals surface area contributed by atoms with E-state index in [9.17, 15) is 14.7 Å². The van der Waals surface area contributed by atoms with E-state index in [1.807, 2.05) is 19.1 Å². The van der Waals surface area contributed by atoms with E-state index in [0.717, 1.165) is 22.9 Å². The van der Waals surface area contributed by atoms with Crippen molar-refractivity contribution < 1.29 is 44.3 Å². The number of amides is 1. The van der Waals surface area contributed by atoms with Crippen LogP contribution in [-0.2, 0) is 9.59 Å². The summed E-state index contributed by atoms with van der Waals surface area (Å²) in [6.07, 6.45) is 2.73. The molecule has 0 atom stereocenters. The molecule has 1 aromatic rings. The van der Waals surface area contributed by atoms with E-state index in [2.05, 4.69) is 21.2 Å². The number of halogens is 1. The van der Waals surface area contributed by atoms with Crippen molar-refractivity contribution in [2.75, 3.05) is 5.32 Å². The Bertz CT molecular complexity index is 542. The first kappa shape index (κ1) is 18.7. The Morgan fingerprint density at radius 1 is 1.33 bits per heavy atom. The molecule has 0 heterocycles. The second-order valence-corrected chi connectivity index (χ2v) is 6.27. The Balaban J connectivity index is 0.00000220. The van der Waals surface area contributed by atoms with Gasteiger partial charge in [0.05, 0.1) is 0 Å². The Labute approximate surface area is 155 Å². The van der Waals surface area contributed by atoms with Crippen molar-refractivity contribution >= 4 is 33.5 Å². The van der Waals surface area contributed by atoms with Gasteiger partial charge in [0.1, 0.15) is 0 Å². The number of aliphatic carboxylic acids is 1. The van der Waals surface area contributed by atoms with Crippen LogP contribution in [0.2, 0.25) is 0 Å². The molecule has 1 aliphatic carbocycles. The third kappa shape index (κ3) is 4.31. The zero-order valence-corrected chi connectivity index (χ0v) is 16.0. The van der Waals surface area contributed by atoms with Crippen LogP contribution in [0.5, 0.6) is 0 Å². The zero-order chi connectivity index (χ0) is 14.8. The number of carbonyl (C=O) groups is 2. The molecule has 21 heavy (non-hydrogen) atoms. The van der Waals surface area contributed by atoms with Gasteiger partial charge in [-0.05, 0) is 37.5 Å². The number of hydrogen-bond acceptors (Lipinski definition) is 3. The molecule has 1 fully saturated rings. The summed E-state index contributed by atoms with van der Waals surface area (Å²) in [6.45, 7) is 1.89. The second-order valence-electron chi connectivity index (χ2n) is 5.41. The summed E-state index contributed by atoms with van der Waals surface area (Å²) in [4.78, 5) is 23.5. The minimum atomic E-state index is -1.10. The van der Waals surface area contributed by atoms with Crippen LogP contribution >= 0.6 is 15.9 Å². The number of hydrogen-bond donors (Lipinski definition) is 1. The summed E-state index contributed by atoms with van der Waals surface area (Å²) in [6, 6.07) is 5.53. The van der Waals surface area contributed by atoms with E-state index in [0.29, 0.717) is 18.5 Å². The molecule has 0 bridgehead atoms. The molecule has 1 saturated carbocycles. The van der Waals surface area contributed by atoms with Crippen molar-refractivity contribution in [3.63, 3.8) is 0 Å². The van der Waals surface area contributed by atoms with Gasteiger partial charge in [-0.2, -0.15) is 0 Å². The Hall–Kier alpha value is -0.360. The molecule has 1 N–H and O–H groups in total. The van der Waals surface area contributed by atoms with Gasteiger partial charge in [0.2, 0.25) is 5.91 Å². The summed E-state index contributed by atoms with van der Waals surface area (Å²) in [5, 5.41) is 14.1. The Morgan fingerprint density at radius 2 is 1.95 bits per heavy atom. The van der Waals surface area contributed by atoms with Crippen LogP contribution in [0.25, 0.3) is 0 Å². The topological polar surface area (TPSA) is 69.2 Å². The molecule has 2 rings (SSSR count). The van der Waals surface area contributed by atoms with E-state index < -0.39 is 11.4 Å². The van der Waals surface area contributed by atoms with E-state index >= 15 is 0 Å². The van der Waals surface area contributed by atoms with Gasteiger partial charge >= 0.3 is 29.6 Å². The van der Waals surface area contributed by atoms with Gasteiger partial charge in [0, 0.05) is 28.0 Å². The number of anilines is 1. The van der Waals surface area contributed by atoms with Crippen molar-refractivity contribution in [1.29, 1.82) is 0 Å². The predicted octanol–water partition coefficient (Wildman–Crippen LogP) is -0.600. The molecule has 6 heteroatoms. The molecule has 0 unspecified atom stereocenters. The van der Waals surface area contributed by atoms with Crippen LogP contribution in [0.15, 0.2) is 22.7 Å². The summed E-state index contributed by atoms with van der Waals surface area (Å²) in [7, 11) is 0. The number of benzene rings is 1. The third-order valence-corrected chi connectivity index (χ3v) is 4.89. The normalized spacial score (nSPS) is 16.1. The van der Waals surface area contributed by atoms with Crippen LogP contribution in [0.4, 0.5) is 5.69 Å². The van der Waals surface area contributed by atoms with Gasteiger partial charge in [0.25, 0.3) is 0 Å². The summed E-state index contributed by atoms with van der Waals surface area (Å²) in [5.74, 6) is -1.37. The van der Waals surface area contributed by atoms with E-state index in [-0.39, 0.29) is 41.9 Å². The average molecular weight is 362 g/mol. The first-order valence-electron chi connectivity index (χ1n) is 6.71. The number of carboxylic acid groups (broad SMARTS) is 1. The van der Waals surface area contributed by atoms with E-state index in [4.69, 9.17) is 0 Å². The van der Waals surface area contributed by atoms with Crippen LogP contribution in [0.3, 0.4) is 0 Å². The summed E-state index contributed by atoms with van der Waals surface area (Å²) in [5.41, 5.74) is 0.648.